The summed E-state index contributed by atoms with van der Waals surface area (Å²) >= 11 is 0. The molecule has 0 atom stereocenters. The summed E-state index contributed by atoms with van der Waals surface area (Å²) in [6, 6.07) is 18.8. The minimum atomic E-state index is -3.58. The van der Waals surface area contributed by atoms with E-state index in [0.717, 1.165) is 18.2 Å². The van der Waals surface area contributed by atoms with Crippen molar-refractivity contribution < 1.29 is 22.0 Å². The molecular formula is C28H28FN3O5S. The van der Waals surface area contributed by atoms with Crippen molar-refractivity contribution >= 4 is 26.6 Å². The van der Waals surface area contributed by atoms with Crippen LogP contribution in [0.25, 0.3) is 10.9 Å². The van der Waals surface area contributed by atoms with Gasteiger partial charge in [-0.15, -0.1) is 0 Å². The molecule has 0 N–H and O–H groups in total. The van der Waals surface area contributed by atoms with Crippen LogP contribution in [0, 0.1) is 12.7 Å². The second kappa shape index (κ2) is 11.0. The predicted molar refractivity (Wildman–Crippen MR) is 142 cm³/mol. The van der Waals surface area contributed by atoms with Crippen LogP contribution in [-0.4, -0.2) is 43.6 Å². The first-order valence-electron chi connectivity index (χ1n) is 12.4. The van der Waals surface area contributed by atoms with Crippen molar-refractivity contribution in [2.45, 2.75) is 37.3 Å². The number of fused-ring (bicyclic) bond motifs is 2. The SMILES string of the molecule is Cc1cccc2c1N(C1CCN(S(=O)(=O)c3ccc(F)cc3)CC1)COC2.O=c1nc2ccccc2co1. The molecule has 0 unspecified atom stereocenters. The van der Waals surface area contributed by atoms with Crippen LogP contribution in [0.3, 0.4) is 0 Å². The van der Waals surface area contributed by atoms with Gasteiger partial charge < -0.3 is 14.1 Å². The van der Waals surface area contributed by atoms with Gasteiger partial charge in [-0.25, -0.2) is 17.6 Å². The van der Waals surface area contributed by atoms with E-state index >= 15 is 0 Å². The molecule has 0 bridgehead atoms. The Kier molecular flexibility index (Phi) is 7.55. The summed E-state index contributed by atoms with van der Waals surface area (Å²) in [5.41, 5.74) is 4.30. The average Bonchev–Trinajstić information content (AvgIpc) is 2.93. The lowest BCUT2D eigenvalue weighted by Crippen LogP contribution is -2.48. The van der Waals surface area contributed by atoms with E-state index in [0.29, 0.717) is 31.9 Å². The number of ether oxygens (including phenoxy) is 1. The van der Waals surface area contributed by atoms with Crippen LogP contribution in [-0.2, 0) is 21.4 Å². The van der Waals surface area contributed by atoms with Crippen LogP contribution in [0.5, 0.6) is 0 Å². The normalized spacial score (nSPS) is 16.5. The van der Waals surface area contributed by atoms with Gasteiger partial charge in [0.05, 0.1) is 17.0 Å². The maximum absolute atomic E-state index is 13.1. The van der Waals surface area contributed by atoms with E-state index in [4.69, 9.17) is 4.74 Å². The second-order valence-corrected chi connectivity index (χ2v) is 11.2. The summed E-state index contributed by atoms with van der Waals surface area (Å²) in [5, 5.41) is 0.840. The zero-order valence-corrected chi connectivity index (χ0v) is 21.7. The maximum Gasteiger partial charge on any atom is 0.439 e. The summed E-state index contributed by atoms with van der Waals surface area (Å²) in [6.07, 6.45) is 2.87. The Hall–Kier alpha value is -3.60. The van der Waals surface area contributed by atoms with Gasteiger partial charge >= 0.3 is 5.76 Å². The maximum atomic E-state index is 13.1. The number of benzene rings is 3. The van der Waals surface area contributed by atoms with Crippen molar-refractivity contribution in [3.63, 3.8) is 0 Å². The standard InChI is InChI=1S/C20H23FN2O3S.C8H5NO2/c1-15-3-2-4-16-13-26-14-23(20(15)16)18-9-11-22(12-10-18)27(24,25)19-7-5-17(21)6-8-19;10-8-9-7-4-2-1-3-6(7)5-11-8/h2-8,18H,9-14H2,1H3;1-5H. The largest absolute Gasteiger partial charge is 0.439 e. The van der Waals surface area contributed by atoms with E-state index in [9.17, 15) is 17.6 Å². The molecule has 10 heteroatoms. The van der Waals surface area contributed by atoms with Crippen molar-refractivity contribution in [1.29, 1.82) is 0 Å². The summed E-state index contributed by atoms with van der Waals surface area (Å²) in [5.74, 6) is -0.990. The number of sulfonamides is 1. The molecule has 3 aromatic carbocycles. The number of para-hydroxylation sites is 2. The number of hydrogen-bond acceptors (Lipinski definition) is 7. The third-order valence-electron chi connectivity index (χ3n) is 6.85. The van der Waals surface area contributed by atoms with Crippen molar-refractivity contribution in [3.05, 3.63) is 100 Å². The minimum Gasteiger partial charge on any atom is -0.416 e. The molecule has 6 rings (SSSR count). The van der Waals surface area contributed by atoms with Gasteiger partial charge in [-0.1, -0.05) is 30.3 Å². The Labute approximate surface area is 220 Å². The first-order chi connectivity index (χ1) is 18.3. The smallest absolute Gasteiger partial charge is 0.416 e. The first-order valence-corrected chi connectivity index (χ1v) is 13.8. The van der Waals surface area contributed by atoms with Gasteiger partial charge in [0, 0.05) is 35.8 Å². The molecule has 1 saturated heterocycles. The highest BCUT2D eigenvalue weighted by Crippen LogP contribution is 2.34. The monoisotopic (exact) mass is 537 g/mol. The molecule has 38 heavy (non-hydrogen) atoms. The van der Waals surface area contributed by atoms with Crippen LogP contribution in [0.15, 0.2) is 87.1 Å². The molecule has 0 amide bonds. The Balaban J connectivity index is 0.000000222. The number of halogens is 1. The number of aryl methyl sites for hydroxylation is 1. The van der Waals surface area contributed by atoms with E-state index in [1.165, 1.54) is 51.6 Å². The van der Waals surface area contributed by atoms with Gasteiger partial charge in [0.1, 0.15) is 18.8 Å². The summed E-state index contributed by atoms with van der Waals surface area (Å²) < 4.78 is 50.5. The highest BCUT2D eigenvalue weighted by Gasteiger charge is 2.33. The predicted octanol–water partition coefficient (Wildman–Crippen LogP) is 4.47. The highest BCUT2D eigenvalue weighted by atomic mass is 32.2. The van der Waals surface area contributed by atoms with Gasteiger partial charge in [-0.05, 0) is 61.7 Å². The molecule has 2 aliphatic heterocycles. The Bertz CT molecular complexity index is 1580. The molecule has 1 fully saturated rings. The van der Waals surface area contributed by atoms with Gasteiger partial charge in [-0.2, -0.15) is 9.29 Å². The lowest BCUT2D eigenvalue weighted by Gasteiger charge is -2.42. The van der Waals surface area contributed by atoms with Crippen LogP contribution >= 0.6 is 0 Å². The topological polar surface area (TPSA) is 93.0 Å². The molecule has 198 valence electrons. The van der Waals surface area contributed by atoms with E-state index in [1.807, 2.05) is 24.3 Å². The fourth-order valence-electron chi connectivity index (χ4n) is 4.93. The quantitative estimate of drug-likeness (QED) is 0.381. The summed E-state index contributed by atoms with van der Waals surface area (Å²) in [6.45, 7) is 4.15. The van der Waals surface area contributed by atoms with Crippen molar-refractivity contribution in [1.82, 2.24) is 9.29 Å². The molecule has 3 heterocycles. The third-order valence-corrected chi connectivity index (χ3v) is 8.76. The Morgan fingerprint density at radius 3 is 2.47 bits per heavy atom. The number of aromatic nitrogens is 1. The van der Waals surface area contributed by atoms with Crippen LogP contribution < -0.4 is 10.7 Å². The molecule has 0 saturated carbocycles. The fraction of sp³-hybridized carbons (Fsp3) is 0.286. The minimum absolute atomic E-state index is 0.143. The van der Waals surface area contributed by atoms with Crippen LogP contribution in [0.2, 0.25) is 0 Å². The van der Waals surface area contributed by atoms with E-state index in [-0.39, 0.29) is 10.9 Å². The number of piperidine rings is 1. The van der Waals surface area contributed by atoms with Gasteiger partial charge in [0.25, 0.3) is 0 Å². The first kappa shape index (κ1) is 26.0. The molecule has 1 aromatic heterocycles. The summed E-state index contributed by atoms with van der Waals surface area (Å²) in [4.78, 5) is 16.7. The van der Waals surface area contributed by atoms with Crippen LogP contribution in [0.1, 0.15) is 24.0 Å². The van der Waals surface area contributed by atoms with Crippen molar-refractivity contribution in [2.24, 2.45) is 0 Å². The zero-order valence-electron chi connectivity index (χ0n) is 20.9. The summed E-state index contributed by atoms with van der Waals surface area (Å²) in [7, 11) is -3.58. The third kappa shape index (κ3) is 5.47. The number of rotatable bonds is 3. The average molecular weight is 538 g/mol. The number of anilines is 1. The zero-order chi connectivity index (χ0) is 26.7. The number of hydrogen-bond donors (Lipinski definition) is 0. The lowest BCUT2D eigenvalue weighted by atomic mass is 10.00. The van der Waals surface area contributed by atoms with Gasteiger partial charge in [-0.3, -0.25) is 0 Å². The molecule has 0 spiro atoms. The molecule has 0 aliphatic carbocycles. The van der Waals surface area contributed by atoms with Gasteiger partial charge in [0.15, 0.2) is 0 Å². The van der Waals surface area contributed by atoms with Crippen molar-refractivity contribution in [3.8, 4) is 0 Å². The molecule has 4 aromatic rings. The second-order valence-electron chi connectivity index (χ2n) is 9.29. The Morgan fingerprint density at radius 2 is 1.71 bits per heavy atom. The lowest BCUT2D eigenvalue weighted by molar-refractivity contribution is 0.0986. The molecule has 0 radical (unpaired) electrons. The van der Waals surface area contributed by atoms with E-state index in [1.54, 1.807) is 6.07 Å². The number of nitrogens with zero attached hydrogens (tertiary/aromatic N) is 3. The van der Waals surface area contributed by atoms with Crippen molar-refractivity contribution in [2.75, 3.05) is 24.7 Å². The molecule has 8 nitrogen and oxygen atoms in total. The highest BCUT2D eigenvalue weighted by molar-refractivity contribution is 7.89. The molecule has 2 aliphatic rings. The van der Waals surface area contributed by atoms with E-state index in [2.05, 4.69) is 33.4 Å². The van der Waals surface area contributed by atoms with E-state index < -0.39 is 21.6 Å². The van der Waals surface area contributed by atoms with Gasteiger partial charge in [0.2, 0.25) is 10.0 Å². The van der Waals surface area contributed by atoms with Crippen LogP contribution in [0.4, 0.5) is 10.1 Å². The molecular weight excluding hydrogens is 509 g/mol. The fourth-order valence-corrected chi connectivity index (χ4v) is 6.40. The Morgan fingerprint density at radius 1 is 0.974 bits per heavy atom.